The van der Waals surface area contributed by atoms with Crippen LogP contribution < -0.4 is 4.74 Å². The van der Waals surface area contributed by atoms with Crippen LogP contribution in [0.3, 0.4) is 0 Å². The lowest BCUT2D eigenvalue weighted by Gasteiger charge is -2.04. The molecule has 2 rings (SSSR count). The average molecular weight is 248 g/mol. The maximum atomic E-state index is 11.1. The molecular weight excluding hydrogens is 238 g/mol. The highest BCUT2D eigenvalue weighted by molar-refractivity contribution is 6.67. The zero-order valence-electron chi connectivity index (χ0n) is 9.18. The van der Waals surface area contributed by atoms with Crippen molar-refractivity contribution in [3.8, 4) is 16.9 Å². The van der Waals surface area contributed by atoms with Gasteiger partial charge < -0.3 is 4.74 Å². The molecule has 3 nitrogen and oxygen atoms in total. The number of methoxy groups -OCH3 is 1. The van der Waals surface area contributed by atoms with Crippen molar-refractivity contribution in [2.24, 2.45) is 0 Å². The molecule has 0 unspecified atom stereocenters. The van der Waals surface area contributed by atoms with E-state index >= 15 is 0 Å². The molecule has 0 amide bonds. The van der Waals surface area contributed by atoms with Crippen LogP contribution in [0.4, 0.5) is 0 Å². The zero-order valence-corrected chi connectivity index (χ0v) is 9.94. The molecule has 0 aliphatic carbocycles. The molecule has 1 aromatic carbocycles. The number of hydrogen-bond donors (Lipinski definition) is 0. The van der Waals surface area contributed by atoms with Gasteiger partial charge in [-0.25, -0.2) is 0 Å². The molecule has 1 aromatic heterocycles. The Morgan fingerprint density at radius 1 is 1.24 bits per heavy atom. The van der Waals surface area contributed by atoms with Crippen molar-refractivity contribution in [3.63, 3.8) is 0 Å². The summed E-state index contributed by atoms with van der Waals surface area (Å²) in [6.07, 6.45) is 3.33. The van der Waals surface area contributed by atoms with Crippen molar-refractivity contribution in [3.05, 3.63) is 48.3 Å². The van der Waals surface area contributed by atoms with Crippen molar-refractivity contribution < 1.29 is 9.53 Å². The predicted octanol–water partition coefficient (Wildman–Crippen LogP) is 3.14. The standard InChI is InChI=1S/C13H10ClNO2/c1-17-12-6-11(7-15-8-12)9-3-2-4-10(5-9)13(14)16/h2-8H,1H3. The summed E-state index contributed by atoms with van der Waals surface area (Å²) in [6.45, 7) is 0. The molecule has 1 heterocycles. The first-order valence-electron chi connectivity index (χ1n) is 5.00. The molecule has 0 radical (unpaired) electrons. The summed E-state index contributed by atoms with van der Waals surface area (Å²) >= 11 is 5.44. The van der Waals surface area contributed by atoms with Crippen LogP contribution in [0.15, 0.2) is 42.7 Å². The van der Waals surface area contributed by atoms with Crippen molar-refractivity contribution in [2.75, 3.05) is 7.11 Å². The van der Waals surface area contributed by atoms with Crippen molar-refractivity contribution in [2.45, 2.75) is 0 Å². The Hall–Kier alpha value is -1.87. The molecule has 0 spiro atoms. The minimum atomic E-state index is -0.470. The molecular formula is C13H10ClNO2. The molecule has 4 heteroatoms. The van der Waals surface area contributed by atoms with Crippen LogP contribution in [-0.4, -0.2) is 17.3 Å². The maximum absolute atomic E-state index is 11.1. The second-order valence-electron chi connectivity index (χ2n) is 3.47. The molecule has 0 saturated heterocycles. The molecule has 0 fully saturated rings. The van der Waals surface area contributed by atoms with E-state index in [1.165, 1.54) is 0 Å². The lowest BCUT2D eigenvalue weighted by atomic mass is 10.1. The van der Waals surface area contributed by atoms with E-state index in [0.29, 0.717) is 11.3 Å². The molecule has 0 aliphatic heterocycles. The predicted molar refractivity (Wildman–Crippen MR) is 66.4 cm³/mol. The summed E-state index contributed by atoms with van der Waals surface area (Å²) < 4.78 is 5.10. The van der Waals surface area contributed by atoms with Crippen molar-refractivity contribution in [1.29, 1.82) is 0 Å². The number of aromatic nitrogens is 1. The Labute approximate surface area is 104 Å². The van der Waals surface area contributed by atoms with Crippen LogP contribution in [0.2, 0.25) is 0 Å². The highest BCUT2D eigenvalue weighted by Gasteiger charge is 2.05. The Bertz CT molecular complexity index is 555. The molecule has 0 bridgehead atoms. The van der Waals surface area contributed by atoms with Gasteiger partial charge in [0.1, 0.15) is 5.75 Å². The van der Waals surface area contributed by atoms with Crippen LogP contribution in [0.25, 0.3) is 11.1 Å². The van der Waals surface area contributed by atoms with Gasteiger partial charge in [0.2, 0.25) is 0 Å². The third kappa shape index (κ3) is 2.63. The number of halogens is 1. The quantitative estimate of drug-likeness (QED) is 0.783. The normalized spacial score (nSPS) is 10.0. The van der Waals surface area contributed by atoms with Crippen molar-refractivity contribution in [1.82, 2.24) is 4.98 Å². The molecule has 0 N–H and O–H groups in total. The Balaban J connectivity index is 2.45. The van der Waals surface area contributed by atoms with Gasteiger partial charge in [-0.2, -0.15) is 0 Å². The van der Waals surface area contributed by atoms with Crippen LogP contribution >= 0.6 is 11.6 Å². The van der Waals surface area contributed by atoms with Crippen LogP contribution in [0.5, 0.6) is 5.75 Å². The molecule has 86 valence electrons. The average Bonchev–Trinajstić information content (AvgIpc) is 2.39. The van der Waals surface area contributed by atoms with E-state index in [-0.39, 0.29) is 0 Å². The molecule has 0 saturated carbocycles. The number of pyridine rings is 1. The van der Waals surface area contributed by atoms with E-state index in [1.54, 1.807) is 37.7 Å². The van der Waals surface area contributed by atoms with Crippen LogP contribution in [-0.2, 0) is 0 Å². The molecule has 17 heavy (non-hydrogen) atoms. The summed E-state index contributed by atoms with van der Waals surface area (Å²) in [7, 11) is 1.58. The summed E-state index contributed by atoms with van der Waals surface area (Å²) in [5, 5.41) is -0.470. The minimum absolute atomic E-state index is 0.465. The lowest BCUT2D eigenvalue weighted by Crippen LogP contribution is -1.90. The fraction of sp³-hybridized carbons (Fsp3) is 0.0769. The van der Waals surface area contributed by atoms with Gasteiger partial charge in [0.15, 0.2) is 0 Å². The summed E-state index contributed by atoms with van der Waals surface area (Å²) in [5.74, 6) is 0.671. The van der Waals surface area contributed by atoms with E-state index in [1.807, 2.05) is 12.1 Å². The summed E-state index contributed by atoms with van der Waals surface area (Å²) in [5.41, 5.74) is 2.22. The maximum Gasteiger partial charge on any atom is 0.252 e. The van der Waals surface area contributed by atoms with Crippen LogP contribution in [0.1, 0.15) is 10.4 Å². The van der Waals surface area contributed by atoms with Gasteiger partial charge in [-0.3, -0.25) is 9.78 Å². The first-order chi connectivity index (χ1) is 8.20. The van der Waals surface area contributed by atoms with Crippen LogP contribution in [0, 0.1) is 0 Å². The molecule has 2 aromatic rings. The number of carbonyl (C=O) groups excluding carboxylic acids is 1. The van der Waals surface area contributed by atoms with E-state index in [4.69, 9.17) is 16.3 Å². The monoisotopic (exact) mass is 247 g/mol. The third-order valence-electron chi connectivity index (χ3n) is 2.37. The third-order valence-corrected chi connectivity index (χ3v) is 2.59. The van der Waals surface area contributed by atoms with Gasteiger partial charge in [-0.1, -0.05) is 18.2 Å². The van der Waals surface area contributed by atoms with Crippen molar-refractivity contribution >= 4 is 16.8 Å². The summed E-state index contributed by atoms with van der Waals surface area (Å²) in [4.78, 5) is 15.1. The number of rotatable bonds is 3. The second kappa shape index (κ2) is 4.97. The van der Waals surface area contributed by atoms with Gasteiger partial charge in [0, 0.05) is 17.3 Å². The SMILES string of the molecule is COc1cncc(-c2cccc(C(=O)Cl)c2)c1. The van der Waals surface area contributed by atoms with E-state index in [0.717, 1.165) is 11.1 Å². The minimum Gasteiger partial charge on any atom is -0.495 e. The Morgan fingerprint density at radius 2 is 2.06 bits per heavy atom. The first kappa shape index (κ1) is 11.6. The number of nitrogens with zero attached hydrogens (tertiary/aromatic N) is 1. The van der Waals surface area contributed by atoms with E-state index in [2.05, 4.69) is 4.98 Å². The second-order valence-corrected chi connectivity index (χ2v) is 3.81. The van der Waals surface area contributed by atoms with Gasteiger partial charge >= 0.3 is 0 Å². The number of ether oxygens (including phenoxy) is 1. The number of carbonyl (C=O) groups is 1. The number of benzene rings is 1. The lowest BCUT2D eigenvalue weighted by molar-refractivity contribution is 0.108. The topological polar surface area (TPSA) is 39.2 Å². The number of hydrogen-bond acceptors (Lipinski definition) is 3. The molecule has 0 atom stereocenters. The van der Waals surface area contributed by atoms with Gasteiger partial charge in [-0.15, -0.1) is 0 Å². The largest absolute Gasteiger partial charge is 0.495 e. The first-order valence-corrected chi connectivity index (χ1v) is 5.38. The highest BCUT2D eigenvalue weighted by atomic mass is 35.5. The fourth-order valence-electron chi connectivity index (χ4n) is 1.51. The van der Waals surface area contributed by atoms with Gasteiger partial charge in [0.05, 0.1) is 13.3 Å². The fourth-order valence-corrected chi connectivity index (χ4v) is 1.63. The Kier molecular flexibility index (Phi) is 3.40. The Morgan fingerprint density at radius 3 is 2.76 bits per heavy atom. The smallest absolute Gasteiger partial charge is 0.252 e. The molecule has 0 aliphatic rings. The van der Waals surface area contributed by atoms with Gasteiger partial charge in [0.25, 0.3) is 5.24 Å². The van der Waals surface area contributed by atoms with E-state index in [9.17, 15) is 4.79 Å². The summed E-state index contributed by atoms with van der Waals surface area (Å²) in [6, 6.07) is 8.92. The van der Waals surface area contributed by atoms with E-state index < -0.39 is 5.24 Å². The van der Waals surface area contributed by atoms with Gasteiger partial charge in [-0.05, 0) is 29.3 Å². The highest BCUT2D eigenvalue weighted by Crippen LogP contribution is 2.23. The zero-order chi connectivity index (χ0) is 12.3.